The van der Waals surface area contributed by atoms with Crippen molar-refractivity contribution in [2.75, 3.05) is 13.1 Å². The SMILES string of the molecule is CCC(CC)C(=O)N1CCC(c2nc(C(=O)NC3(C4CCCCC4)CC3)cs2)CC1. The number of thiazole rings is 1. The minimum Gasteiger partial charge on any atom is -0.345 e. The Labute approximate surface area is 185 Å². The fourth-order valence-electron chi connectivity index (χ4n) is 5.54. The van der Waals surface area contributed by atoms with Crippen molar-refractivity contribution in [2.24, 2.45) is 11.8 Å². The van der Waals surface area contributed by atoms with E-state index in [1.165, 1.54) is 32.1 Å². The minimum absolute atomic E-state index is 0.0157. The third-order valence-corrected chi connectivity index (χ3v) is 8.79. The highest BCUT2D eigenvalue weighted by molar-refractivity contribution is 7.09. The molecule has 2 aliphatic carbocycles. The molecule has 1 aromatic rings. The summed E-state index contributed by atoms with van der Waals surface area (Å²) in [5.74, 6) is 1.52. The highest BCUT2D eigenvalue weighted by Crippen LogP contribution is 2.48. The number of likely N-dealkylation sites (tertiary alicyclic amines) is 1. The van der Waals surface area contributed by atoms with Gasteiger partial charge in [-0.1, -0.05) is 33.1 Å². The maximum absolute atomic E-state index is 12.9. The highest BCUT2D eigenvalue weighted by Gasteiger charge is 2.50. The molecule has 0 atom stereocenters. The van der Waals surface area contributed by atoms with Crippen LogP contribution in [0.2, 0.25) is 0 Å². The second-order valence-corrected chi connectivity index (χ2v) is 10.5. The number of nitrogens with one attached hydrogen (secondary N) is 1. The van der Waals surface area contributed by atoms with Gasteiger partial charge in [0.25, 0.3) is 5.91 Å². The van der Waals surface area contributed by atoms with Gasteiger partial charge in [0.2, 0.25) is 5.91 Å². The van der Waals surface area contributed by atoms with E-state index in [1.807, 2.05) is 10.3 Å². The first-order valence-electron chi connectivity index (χ1n) is 12.1. The number of hydrogen-bond acceptors (Lipinski definition) is 4. The van der Waals surface area contributed by atoms with Crippen LogP contribution in [-0.4, -0.2) is 40.3 Å². The first-order chi connectivity index (χ1) is 14.6. The van der Waals surface area contributed by atoms with Crippen molar-refractivity contribution in [3.63, 3.8) is 0 Å². The van der Waals surface area contributed by atoms with Crippen LogP contribution in [0.25, 0.3) is 0 Å². The lowest BCUT2D eigenvalue weighted by atomic mass is 9.82. The van der Waals surface area contributed by atoms with E-state index in [4.69, 9.17) is 4.98 Å². The Morgan fingerprint density at radius 2 is 1.80 bits per heavy atom. The van der Waals surface area contributed by atoms with Crippen molar-refractivity contribution < 1.29 is 9.59 Å². The number of aromatic nitrogens is 1. The van der Waals surface area contributed by atoms with Crippen LogP contribution >= 0.6 is 11.3 Å². The predicted molar refractivity (Wildman–Crippen MR) is 121 cm³/mol. The summed E-state index contributed by atoms with van der Waals surface area (Å²) in [4.78, 5) is 32.3. The van der Waals surface area contributed by atoms with E-state index < -0.39 is 0 Å². The summed E-state index contributed by atoms with van der Waals surface area (Å²) >= 11 is 1.62. The molecule has 3 fully saturated rings. The van der Waals surface area contributed by atoms with Crippen molar-refractivity contribution in [2.45, 2.75) is 95.9 Å². The number of nitrogens with zero attached hydrogens (tertiary/aromatic N) is 2. The molecule has 1 saturated heterocycles. The summed E-state index contributed by atoms with van der Waals surface area (Å²) in [5, 5.41) is 6.37. The molecule has 0 spiro atoms. The van der Waals surface area contributed by atoms with E-state index in [0.29, 0.717) is 23.4 Å². The van der Waals surface area contributed by atoms with Gasteiger partial charge in [0.1, 0.15) is 5.69 Å². The van der Waals surface area contributed by atoms with Gasteiger partial charge in [0.05, 0.1) is 5.01 Å². The molecule has 3 aliphatic rings. The maximum atomic E-state index is 12.9. The summed E-state index contributed by atoms with van der Waals surface area (Å²) in [6, 6.07) is 0. The molecule has 2 heterocycles. The van der Waals surface area contributed by atoms with E-state index in [9.17, 15) is 9.59 Å². The summed E-state index contributed by atoms with van der Waals surface area (Å²) in [6.07, 6.45) is 12.5. The van der Waals surface area contributed by atoms with Crippen LogP contribution in [-0.2, 0) is 4.79 Å². The topological polar surface area (TPSA) is 62.3 Å². The third-order valence-electron chi connectivity index (χ3n) is 7.78. The standard InChI is InChI=1S/C24H37N3O2S/c1-3-17(4-2)23(29)27-14-10-18(11-15-27)22-25-20(16-30-22)21(28)26-24(12-13-24)19-8-6-5-7-9-19/h16-19H,3-15H2,1-2H3,(H,26,28). The third kappa shape index (κ3) is 4.58. The van der Waals surface area contributed by atoms with Gasteiger partial charge >= 0.3 is 0 Å². The molecule has 0 radical (unpaired) electrons. The molecule has 0 bridgehead atoms. The van der Waals surface area contributed by atoms with Crippen LogP contribution in [0.3, 0.4) is 0 Å². The van der Waals surface area contributed by atoms with Crippen LogP contribution in [0.4, 0.5) is 0 Å². The summed E-state index contributed by atoms with van der Waals surface area (Å²) in [6.45, 7) is 5.82. The molecule has 0 aromatic carbocycles. The Balaban J connectivity index is 1.31. The number of carbonyl (C=O) groups is 2. The van der Waals surface area contributed by atoms with Gasteiger partial charge in [-0.25, -0.2) is 4.98 Å². The van der Waals surface area contributed by atoms with Crippen molar-refractivity contribution >= 4 is 23.2 Å². The number of hydrogen-bond donors (Lipinski definition) is 1. The number of rotatable bonds is 7. The second-order valence-electron chi connectivity index (χ2n) is 9.63. The fraction of sp³-hybridized carbons (Fsp3) is 0.792. The van der Waals surface area contributed by atoms with E-state index in [0.717, 1.165) is 56.6 Å². The zero-order valence-electron chi connectivity index (χ0n) is 18.6. The molecule has 2 amide bonds. The Hall–Kier alpha value is -1.43. The zero-order valence-corrected chi connectivity index (χ0v) is 19.4. The monoisotopic (exact) mass is 431 g/mol. The molecular formula is C24H37N3O2S. The fourth-order valence-corrected chi connectivity index (χ4v) is 6.51. The van der Waals surface area contributed by atoms with Crippen molar-refractivity contribution in [1.82, 2.24) is 15.2 Å². The Morgan fingerprint density at radius 3 is 2.40 bits per heavy atom. The van der Waals surface area contributed by atoms with Crippen LogP contribution in [0.5, 0.6) is 0 Å². The minimum atomic E-state index is 0.0157. The number of amides is 2. The van der Waals surface area contributed by atoms with Crippen LogP contribution in [0, 0.1) is 11.8 Å². The summed E-state index contributed by atoms with van der Waals surface area (Å²) in [5.41, 5.74) is 0.648. The zero-order chi connectivity index (χ0) is 21.1. The molecule has 1 aliphatic heterocycles. The average Bonchev–Trinajstić information content (AvgIpc) is 3.39. The highest BCUT2D eigenvalue weighted by atomic mass is 32.1. The lowest BCUT2D eigenvalue weighted by Gasteiger charge is -2.33. The van der Waals surface area contributed by atoms with Crippen molar-refractivity contribution in [1.29, 1.82) is 0 Å². The van der Waals surface area contributed by atoms with E-state index in [-0.39, 0.29) is 17.4 Å². The lowest BCUT2D eigenvalue weighted by Crippen LogP contribution is -2.43. The summed E-state index contributed by atoms with van der Waals surface area (Å²) in [7, 11) is 0. The van der Waals surface area contributed by atoms with Gasteiger partial charge in [-0.2, -0.15) is 0 Å². The Kier molecular flexibility index (Phi) is 6.81. The van der Waals surface area contributed by atoms with Crippen LogP contribution < -0.4 is 5.32 Å². The van der Waals surface area contributed by atoms with Gasteiger partial charge in [0, 0.05) is 35.8 Å². The van der Waals surface area contributed by atoms with Gasteiger partial charge < -0.3 is 10.2 Å². The van der Waals surface area contributed by atoms with Crippen LogP contribution in [0.1, 0.15) is 106 Å². The molecule has 6 heteroatoms. The molecule has 1 aromatic heterocycles. The molecule has 4 rings (SSSR count). The molecular weight excluding hydrogens is 394 g/mol. The van der Waals surface area contributed by atoms with Crippen molar-refractivity contribution in [3.05, 3.63) is 16.1 Å². The Bertz CT molecular complexity index is 739. The smallest absolute Gasteiger partial charge is 0.271 e. The molecule has 0 unspecified atom stereocenters. The second kappa shape index (κ2) is 9.37. The van der Waals surface area contributed by atoms with Gasteiger partial charge in [0.15, 0.2) is 0 Å². The normalized spacial score (nSPS) is 22.3. The number of piperidine rings is 1. The quantitative estimate of drug-likeness (QED) is 0.651. The van der Waals surface area contributed by atoms with Gasteiger partial charge in [-0.15, -0.1) is 11.3 Å². The lowest BCUT2D eigenvalue weighted by molar-refractivity contribution is -0.136. The molecule has 2 saturated carbocycles. The molecule has 1 N–H and O–H groups in total. The molecule has 5 nitrogen and oxygen atoms in total. The van der Waals surface area contributed by atoms with E-state index in [2.05, 4.69) is 19.2 Å². The summed E-state index contributed by atoms with van der Waals surface area (Å²) < 4.78 is 0. The van der Waals surface area contributed by atoms with Gasteiger partial charge in [-0.05, 0) is 57.3 Å². The first-order valence-corrected chi connectivity index (χ1v) is 13.0. The van der Waals surface area contributed by atoms with E-state index >= 15 is 0 Å². The Morgan fingerprint density at radius 1 is 1.13 bits per heavy atom. The molecule has 30 heavy (non-hydrogen) atoms. The first kappa shape index (κ1) is 21.8. The van der Waals surface area contributed by atoms with Crippen LogP contribution in [0.15, 0.2) is 5.38 Å². The van der Waals surface area contributed by atoms with E-state index in [1.54, 1.807) is 11.3 Å². The predicted octanol–water partition coefficient (Wildman–Crippen LogP) is 5.13. The maximum Gasteiger partial charge on any atom is 0.271 e. The molecule has 166 valence electrons. The average molecular weight is 432 g/mol. The largest absolute Gasteiger partial charge is 0.345 e. The number of carbonyl (C=O) groups excluding carboxylic acids is 2. The van der Waals surface area contributed by atoms with Crippen molar-refractivity contribution in [3.8, 4) is 0 Å². The van der Waals surface area contributed by atoms with Gasteiger partial charge in [-0.3, -0.25) is 9.59 Å².